The molecule has 17 heavy (non-hydrogen) atoms. The molecule has 0 radical (unpaired) electrons. The molecule has 0 saturated carbocycles. The third-order valence-corrected chi connectivity index (χ3v) is 2.44. The number of carbonyl (C=O) groups is 2. The molecular weight excluding hydrogens is 248 g/mol. The molecule has 2 atom stereocenters. The van der Waals surface area contributed by atoms with Crippen LogP contribution in [0.1, 0.15) is 13.3 Å². The highest BCUT2D eigenvalue weighted by molar-refractivity contribution is 7.98. The van der Waals surface area contributed by atoms with Crippen molar-refractivity contribution in [2.45, 2.75) is 25.4 Å². The van der Waals surface area contributed by atoms with Gasteiger partial charge in [-0.1, -0.05) is 0 Å². The van der Waals surface area contributed by atoms with Crippen molar-refractivity contribution in [2.75, 3.05) is 5.75 Å². The van der Waals surface area contributed by atoms with Crippen molar-refractivity contribution in [3.05, 3.63) is 0 Å². The summed E-state index contributed by atoms with van der Waals surface area (Å²) in [4.78, 5) is 20.7. The van der Waals surface area contributed by atoms with Gasteiger partial charge >= 0.3 is 11.9 Å². The number of carboxylic acids is 2. The van der Waals surface area contributed by atoms with E-state index in [0.29, 0.717) is 0 Å². The van der Waals surface area contributed by atoms with Crippen molar-refractivity contribution >= 4 is 29.8 Å². The lowest BCUT2D eigenvalue weighted by Gasteiger charge is -2.11. The standard InChI is InChI=1S/C8H16N4O4S/c1-4(2-6(13)14)11-8(10)12-17-3-5(9)7(15)16/h4-5H,2-3,9H2,1H3,(H,13,14)(H,15,16)(H3,10,11,12)/t4?,5-/m1/s1. The Kier molecular flexibility index (Phi) is 7.06. The van der Waals surface area contributed by atoms with E-state index in [2.05, 4.69) is 9.71 Å². The van der Waals surface area contributed by atoms with E-state index >= 15 is 0 Å². The molecule has 0 aromatic heterocycles. The number of carboxylic acid groups (broad SMARTS) is 2. The predicted molar refractivity (Wildman–Crippen MR) is 64.5 cm³/mol. The second-order valence-corrected chi connectivity index (χ2v) is 4.13. The normalized spacial score (nSPS) is 15.1. The van der Waals surface area contributed by atoms with Gasteiger partial charge in [0.1, 0.15) is 6.04 Å². The molecule has 7 N–H and O–H groups in total. The van der Waals surface area contributed by atoms with Gasteiger partial charge in [-0.25, -0.2) is 0 Å². The summed E-state index contributed by atoms with van der Waals surface area (Å²) in [6.07, 6.45) is -0.0878. The van der Waals surface area contributed by atoms with E-state index in [9.17, 15) is 9.59 Å². The van der Waals surface area contributed by atoms with Crippen LogP contribution < -0.4 is 16.8 Å². The Labute approximate surface area is 103 Å². The lowest BCUT2D eigenvalue weighted by atomic mass is 10.2. The molecule has 9 heteroatoms. The maximum Gasteiger partial charge on any atom is 0.321 e. The molecule has 0 rings (SSSR count). The van der Waals surface area contributed by atoms with E-state index in [-0.39, 0.29) is 24.2 Å². The van der Waals surface area contributed by atoms with Crippen LogP contribution in [0.3, 0.4) is 0 Å². The second kappa shape index (κ2) is 7.74. The van der Waals surface area contributed by atoms with Gasteiger partial charge in [0.15, 0.2) is 0 Å². The van der Waals surface area contributed by atoms with E-state index in [4.69, 9.17) is 21.7 Å². The third-order valence-electron chi connectivity index (χ3n) is 1.61. The number of nitrogens with zero attached hydrogens (tertiary/aromatic N) is 1. The molecule has 0 aliphatic carbocycles. The lowest BCUT2D eigenvalue weighted by molar-refractivity contribution is -0.138. The second-order valence-electron chi connectivity index (χ2n) is 3.36. The van der Waals surface area contributed by atoms with E-state index in [1.165, 1.54) is 0 Å². The molecule has 0 spiro atoms. The molecule has 0 fully saturated rings. The zero-order chi connectivity index (χ0) is 13.4. The molecule has 0 saturated heterocycles. The molecule has 0 heterocycles. The lowest BCUT2D eigenvalue weighted by Crippen LogP contribution is -2.39. The van der Waals surface area contributed by atoms with Crippen molar-refractivity contribution in [3.8, 4) is 0 Å². The summed E-state index contributed by atoms with van der Waals surface area (Å²) in [5.41, 5.74) is 10.7. The number of nitrogens with one attached hydrogen (secondary N) is 1. The Bertz CT molecular complexity index is 310. The van der Waals surface area contributed by atoms with Crippen LogP contribution >= 0.6 is 11.9 Å². The van der Waals surface area contributed by atoms with Gasteiger partial charge in [0.2, 0.25) is 5.96 Å². The van der Waals surface area contributed by atoms with Crippen molar-refractivity contribution in [2.24, 2.45) is 15.9 Å². The van der Waals surface area contributed by atoms with Crippen LogP contribution in [-0.4, -0.2) is 45.9 Å². The molecule has 0 aromatic rings. The van der Waals surface area contributed by atoms with Crippen LogP contribution in [0.4, 0.5) is 0 Å². The first-order valence-corrected chi connectivity index (χ1v) is 5.69. The fourth-order valence-electron chi connectivity index (χ4n) is 0.850. The van der Waals surface area contributed by atoms with Gasteiger partial charge < -0.3 is 27.0 Å². The first-order valence-electron chi connectivity index (χ1n) is 4.75. The molecule has 8 nitrogen and oxygen atoms in total. The Balaban J connectivity index is 3.93. The van der Waals surface area contributed by atoms with Gasteiger partial charge in [0.25, 0.3) is 0 Å². The fraction of sp³-hybridized carbons (Fsp3) is 0.625. The summed E-state index contributed by atoms with van der Waals surface area (Å²) >= 11 is 0.906. The molecule has 0 aliphatic rings. The summed E-state index contributed by atoms with van der Waals surface area (Å²) in [6.45, 7) is 1.64. The number of rotatable bonds is 7. The number of hydrogen-bond acceptors (Lipinski definition) is 5. The van der Waals surface area contributed by atoms with Gasteiger partial charge in [-0.15, -0.1) is 0 Å². The zero-order valence-electron chi connectivity index (χ0n) is 9.29. The van der Waals surface area contributed by atoms with Gasteiger partial charge in [-0.2, -0.15) is 4.40 Å². The minimum absolute atomic E-state index is 0.0429. The van der Waals surface area contributed by atoms with Crippen LogP contribution in [0, 0.1) is 0 Å². The summed E-state index contributed by atoms with van der Waals surface area (Å²) in [7, 11) is 0. The first kappa shape index (κ1) is 15.5. The van der Waals surface area contributed by atoms with Crippen LogP contribution in [0.5, 0.6) is 0 Å². The summed E-state index contributed by atoms with van der Waals surface area (Å²) in [5, 5.41) is 19.6. The monoisotopic (exact) mass is 264 g/mol. The Morgan fingerprint density at radius 3 is 2.53 bits per heavy atom. The average molecular weight is 264 g/mol. The van der Waals surface area contributed by atoms with Gasteiger partial charge in [0.05, 0.1) is 6.42 Å². The fourth-order valence-corrected chi connectivity index (χ4v) is 1.42. The minimum atomic E-state index is -1.11. The largest absolute Gasteiger partial charge is 0.481 e. The third kappa shape index (κ3) is 8.34. The molecule has 0 bridgehead atoms. The molecule has 98 valence electrons. The van der Waals surface area contributed by atoms with Crippen molar-refractivity contribution in [1.82, 2.24) is 5.32 Å². The van der Waals surface area contributed by atoms with Gasteiger partial charge in [-0.05, 0) is 18.9 Å². The van der Waals surface area contributed by atoms with Crippen molar-refractivity contribution in [3.63, 3.8) is 0 Å². The van der Waals surface area contributed by atoms with Crippen LogP contribution in [-0.2, 0) is 9.59 Å². The number of guanidine groups is 1. The minimum Gasteiger partial charge on any atom is -0.481 e. The Morgan fingerprint density at radius 2 is 2.06 bits per heavy atom. The quantitative estimate of drug-likeness (QED) is 0.219. The van der Waals surface area contributed by atoms with Crippen LogP contribution in [0.2, 0.25) is 0 Å². The highest BCUT2D eigenvalue weighted by atomic mass is 32.2. The average Bonchev–Trinajstić information content (AvgIpc) is 2.15. The van der Waals surface area contributed by atoms with E-state index in [1.54, 1.807) is 6.92 Å². The number of hydrogen-bond donors (Lipinski definition) is 5. The van der Waals surface area contributed by atoms with Crippen LogP contribution in [0.25, 0.3) is 0 Å². The smallest absolute Gasteiger partial charge is 0.321 e. The van der Waals surface area contributed by atoms with E-state index in [1.807, 2.05) is 0 Å². The highest BCUT2D eigenvalue weighted by Crippen LogP contribution is 2.03. The number of aliphatic carboxylic acids is 2. The maximum atomic E-state index is 10.4. The molecule has 1 unspecified atom stereocenters. The highest BCUT2D eigenvalue weighted by Gasteiger charge is 2.11. The zero-order valence-corrected chi connectivity index (χ0v) is 10.1. The van der Waals surface area contributed by atoms with Crippen molar-refractivity contribution < 1.29 is 19.8 Å². The number of nitrogens with two attached hydrogens (primary N) is 2. The van der Waals surface area contributed by atoms with E-state index < -0.39 is 18.0 Å². The predicted octanol–water partition coefficient (Wildman–Crippen LogP) is -1.19. The van der Waals surface area contributed by atoms with Gasteiger partial charge in [0, 0.05) is 11.8 Å². The maximum absolute atomic E-state index is 10.4. The summed E-state index contributed by atoms with van der Waals surface area (Å²) < 4.78 is 3.76. The SMILES string of the molecule is CC(CC(=O)O)NC(N)=NSC[C@@H](N)C(=O)O. The van der Waals surface area contributed by atoms with Crippen LogP contribution in [0.15, 0.2) is 4.40 Å². The molecule has 0 aromatic carbocycles. The molecule has 0 amide bonds. The topological polar surface area (TPSA) is 151 Å². The van der Waals surface area contributed by atoms with E-state index in [0.717, 1.165) is 11.9 Å². The Hall–Kier alpha value is -1.48. The first-order chi connectivity index (χ1) is 7.82. The molecular formula is C8H16N4O4S. The summed E-state index contributed by atoms with van der Waals surface area (Å²) in [5.74, 6) is -1.93. The van der Waals surface area contributed by atoms with Gasteiger partial charge in [-0.3, -0.25) is 9.59 Å². The van der Waals surface area contributed by atoms with Crippen molar-refractivity contribution in [1.29, 1.82) is 0 Å². The molecule has 0 aliphatic heterocycles. The summed E-state index contributed by atoms with van der Waals surface area (Å²) in [6, 6.07) is -1.36. The Morgan fingerprint density at radius 1 is 1.47 bits per heavy atom.